The standard InChI is InChI=1S/C20H18F3N3O2S/c21-20(22,23)29-15-7-5-13(6-8-15)18(27)25-11-9-14(10-12-25)26-17-4-2-1-3-16(17)24-19(26)28/h1-8,14H,9-12H2,(H,24,28). The van der Waals surface area contributed by atoms with E-state index < -0.39 is 5.51 Å². The molecule has 0 radical (unpaired) electrons. The average Bonchev–Trinajstić information content (AvgIpc) is 3.02. The Kier molecular flexibility index (Phi) is 5.16. The molecule has 1 aliphatic rings. The molecule has 1 aliphatic heterocycles. The largest absolute Gasteiger partial charge is 0.446 e. The Bertz CT molecular complexity index is 1080. The second kappa shape index (κ2) is 7.62. The van der Waals surface area contributed by atoms with Gasteiger partial charge in [0.15, 0.2) is 0 Å². The first-order valence-corrected chi connectivity index (χ1v) is 9.98. The number of carbonyl (C=O) groups excluding carboxylic acids is 1. The third-order valence-corrected chi connectivity index (χ3v) is 5.81. The second-order valence-electron chi connectivity index (χ2n) is 6.91. The normalized spacial score (nSPS) is 15.8. The van der Waals surface area contributed by atoms with Crippen LogP contribution in [0.2, 0.25) is 0 Å². The number of alkyl halides is 3. The minimum Gasteiger partial charge on any atom is -0.338 e. The third kappa shape index (κ3) is 4.19. The first-order chi connectivity index (χ1) is 13.8. The lowest BCUT2D eigenvalue weighted by Crippen LogP contribution is -2.40. The Morgan fingerprint density at radius 2 is 1.69 bits per heavy atom. The number of hydrogen-bond donors (Lipinski definition) is 1. The van der Waals surface area contributed by atoms with Crippen LogP contribution in [0.25, 0.3) is 11.0 Å². The van der Waals surface area contributed by atoms with Crippen molar-refractivity contribution in [2.75, 3.05) is 13.1 Å². The van der Waals surface area contributed by atoms with E-state index in [0.29, 0.717) is 31.5 Å². The number of likely N-dealkylation sites (tertiary alicyclic amines) is 1. The van der Waals surface area contributed by atoms with Gasteiger partial charge in [0.25, 0.3) is 5.91 Å². The van der Waals surface area contributed by atoms with Crippen LogP contribution in [0, 0.1) is 0 Å². The molecule has 0 saturated carbocycles. The van der Waals surface area contributed by atoms with Crippen molar-refractivity contribution in [3.05, 3.63) is 64.6 Å². The number of H-pyrrole nitrogens is 1. The maximum absolute atomic E-state index is 12.7. The Morgan fingerprint density at radius 1 is 1.03 bits per heavy atom. The van der Waals surface area contributed by atoms with E-state index in [4.69, 9.17) is 0 Å². The highest BCUT2D eigenvalue weighted by atomic mass is 32.2. The van der Waals surface area contributed by atoms with E-state index in [1.54, 1.807) is 9.47 Å². The number of fused-ring (bicyclic) bond motifs is 1. The number of amides is 1. The summed E-state index contributed by atoms with van der Waals surface area (Å²) < 4.78 is 39.0. The van der Waals surface area contributed by atoms with Crippen molar-refractivity contribution in [3.63, 3.8) is 0 Å². The minimum absolute atomic E-state index is 0.00624. The zero-order valence-electron chi connectivity index (χ0n) is 15.3. The summed E-state index contributed by atoms with van der Waals surface area (Å²) >= 11 is -0.203. The van der Waals surface area contributed by atoms with Gasteiger partial charge in [0, 0.05) is 29.6 Å². The molecule has 0 bridgehead atoms. The van der Waals surface area contributed by atoms with Gasteiger partial charge >= 0.3 is 11.2 Å². The zero-order chi connectivity index (χ0) is 20.6. The number of aromatic nitrogens is 2. The van der Waals surface area contributed by atoms with Gasteiger partial charge in [0.05, 0.1) is 11.0 Å². The van der Waals surface area contributed by atoms with E-state index in [1.807, 2.05) is 24.3 Å². The van der Waals surface area contributed by atoms with Gasteiger partial charge < -0.3 is 9.88 Å². The maximum atomic E-state index is 12.7. The van der Waals surface area contributed by atoms with Crippen LogP contribution in [0.3, 0.4) is 0 Å². The maximum Gasteiger partial charge on any atom is 0.446 e. The molecule has 1 aromatic heterocycles. The molecule has 0 spiro atoms. The van der Waals surface area contributed by atoms with E-state index in [-0.39, 0.29) is 34.3 Å². The number of carbonyl (C=O) groups is 1. The fraction of sp³-hybridized carbons (Fsp3) is 0.300. The van der Waals surface area contributed by atoms with Crippen LogP contribution < -0.4 is 5.69 Å². The van der Waals surface area contributed by atoms with Gasteiger partial charge in [-0.25, -0.2) is 4.79 Å². The molecule has 5 nitrogen and oxygen atoms in total. The molecule has 1 saturated heterocycles. The molecule has 3 aromatic rings. The number of nitrogens with one attached hydrogen (secondary N) is 1. The molecule has 1 N–H and O–H groups in total. The van der Waals surface area contributed by atoms with Crippen molar-refractivity contribution >= 4 is 28.7 Å². The van der Waals surface area contributed by atoms with Crippen LogP contribution >= 0.6 is 11.8 Å². The molecule has 0 aliphatic carbocycles. The average molecular weight is 421 g/mol. The van der Waals surface area contributed by atoms with Crippen LogP contribution in [-0.4, -0.2) is 39.0 Å². The van der Waals surface area contributed by atoms with Crippen molar-refractivity contribution in [2.45, 2.75) is 29.3 Å². The molecule has 152 valence electrons. The Labute approximate surface area is 168 Å². The zero-order valence-corrected chi connectivity index (χ0v) is 16.1. The summed E-state index contributed by atoms with van der Waals surface area (Å²) in [6.45, 7) is 0.961. The summed E-state index contributed by atoms with van der Waals surface area (Å²) in [5, 5.41) is 0. The van der Waals surface area contributed by atoms with Crippen molar-refractivity contribution in [1.29, 1.82) is 0 Å². The van der Waals surface area contributed by atoms with Crippen LogP contribution in [0.5, 0.6) is 0 Å². The molecule has 29 heavy (non-hydrogen) atoms. The van der Waals surface area contributed by atoms with E-state index in [1.165, 1.54) is 24.3 Å². The Balaban J connectivity index is 1.43. The number of aromatic amines is 1. The van der Waals surface area contributed by atoms with Gasteiger partial charge in [-0.15, -0.1) is 0 Å². The molecule has 9 heteroatoms. The smallest absolute Gasteiger partial charge is 0.338 e. The lowest BCUT2D eigenvalue weighted by Gasteiger charge is -2.32. The molecule has 1 fully saturated rings. The number of para-hydroxylation sites is 2. The summed E-state index contributed by atoms with van der Waals surface area (Å²) in [4.78, 5) is 29.6. The highest BCUT2D eigenvalue weighted by Crippen LogP contribution is 2.36. The minimum atomic E-state index is -4.35. The molecular formula is C20H18F3N3O2S. The van der Waals surface area contributed by atoms with Crippen molar-refractivity contribution < 1.29 is 18.0 Å². The second-order valence-corrected chi connectivity index (χ2v) is 8.05. The Hall–Kier alpha value is -2.68. The Morgan fingerprint density at radius 3 is 2.34 bits per heavy atom. The van der Waals surface area contributed by atoms with Crippen LogP contribution in [-0.2, 0) is 0 Å². The van der Waals surface area contributed by atoms with Gasteiger partial charge in [-0.05, 0) is 61.0 Å². The quantitative estimate of drug-likeness (QED) is 0.637. The number of hydrogen-bond acceptors (Lipinski definition) is 3. The number of halogens is 3. The molecular weight excluding hydrogens is 403 g/mol. The van der Waals surface area contributed by atoms with E-state index in [0.717, 1.165) is 11.0 Å². The van der Waals surface area contributed by atoms with Gasteiger partial charge in [-0.1, -0.05) is 12.1 Å². The first kappa shape index (κ1) is 19.6. The molecule has 2 aromatic carbocycles. The van der Waals surface area contributed by atoms with Crippen molar-refractivity contribution in [3.8, 4) is 0 Å². The highest BCUT2D eigenvalue weighted by molar-refractivity contribution is 8.00. The first-order valence-electron chi connectivity index (χ1n) is 9.16. The predicted molar refractivity (Wildman–Crippen MR) is 105 cm³/mol. The SMILES string of the molecule is O=C(c1ccc(SC(F)(F)F)cc1)N1CCC(n2c(=O)[nH]c3ccccc32)CC1. The number of nitrogens with zero attached hydrogens (tertiary/aromatic N) is 2. The fourth-order valence-corrected chi connectivity index (χ4v) is 4.29. The lowest BCUT2D eigenvalue weighted by molar-refractivity contribution is -0.0328. The molecule has 4 rings (SSSR count). The third-order valence-electron chi connectivity index (χ3n) is 5.08. The fourth-order valence-electron chi connectivity index (χ4n) is 3.75. The number of rotatable bonds is 3. The van der Waals surface area contributed by atoms with E-state index in [2.05, 4.69) is 4.98 Å². The van der Waals surface area contributed by atoms with Gasteiger partial charge in [-0.2, -0.15) is 13.2 Å². The van der Waals surface area contributed by atoms with E-state index in [9.17, 15) is 22.8 Å². The summed E-state index contributed by atoms with van der Waals surface area (Å²) in [5.74, 6) is -0.210. The van der Waals surface area contributed by atoms with Crippen molar-refractivity contribution in [2.24, 2.45) is 0 Å². The van der Waals surface area contributed by atoms with Gasteiger partial charge in [0.2, 0.25) is 0 Å². The van der Waals surface area contributed by atoms with Crippen molar-refractivity contribution in [1.82, 2.24) is 14.5 Å². The van der Waals surface area contributed by atoms with Gasteiger partial charge in [-0.3, -0.25) is 9.36 Å². The molecule has 0 unspecified atom stereocenters. The lowest BCUT2D eigenvalue weighted by atomic mass is 10.0. The summed E-state index contributed by atoms with van der Waals surface area (Å²) in [7, 11) is 0. The monoisotopic (exact) mass is 421 g/mol. The van der Waals surface area contributed by atoms with Crippen LogP contribution in [0.15, 0.2) is 58.2 Å². The number of piperidine rings is 1. The summed E-state index contributed by atoms with van der Waals surface area (Å²) in [5.41, 5.74) is -2.52. The predicted octanol–water partition coefficient (Wildman–Crippen LogP) is 4.42. The molecule has 1 amide bonds. The summed E-state index contributed by atoms with van der Waals surface area (Å²) in [6, 6.07) is 13.0. The topological polar surface area (TPSA) is 58.1 Å². The number of imidazole rings is 1. The number of thioether (sulfide) groups is 1. The van der Waals surface area contributed by atoms with Crippen LogP contribution in [0.4, 0.5) is 13.2 Å². The molecule has 0 atom stereocenters. The van der Waals surface area contributed by atoms with E-state index >= 15 is 0 Å². The highest BCUT2D eigenvalue weighted by Gasteiger charge is 2.30. The van der Waals surface area contributed by atoms with Gasteiger partial charge in [0.1, 0.15) is 0 Å². The summed E-state index contributed by atoms with van der Waals surface area (Å²) in [6.07, 6.45) is 1.27. The van der Waals surface area contributed by atoms with Crippen LogP contribution in [0.1, 0.15) is 29.2 Å². The number of benzene rings is 2. The molecule has 2 heterocycles.